The van der Waals surface area contributed by atoms with Crippen molar-refractivity contribution in [2.45, 2.75) is 20.8 Å². The molecule has 0 saturated carbocycles. The molecule has 0 aliphatic rings. The second-order valence-electron chi connectivity index (χ2n) is 6.13. The topological polar surface area (TPSA) is 76.1 Å². The maximum Gasteiger partial charge on any atom is 0.276 e. The number of para-hydroxylation sites is 2. The van der Waals surface area contributed by atoms with Crippen LogP contribution in [0.2, 0.25) is 0 Å². The highest BCUT2D eigenvalue weighted by molar-refractivity contribution is 6.03. The van der Waals surface area contributed by atoms with E-state index in [0.717, 1.165) is 11.3 Å². The average Bonchev–Trinajstić information content (AvgIpc) is 2.66. The van der Waals surface area contributed by atoms with E-state index in [1.165, 1.54) is 5.56 Å². The van der Waals surface area contributed by atoms with Crippen LogP contribution in [0.4, 0.5) is 17.2 Å². The predicted molar refractivity (Wildman–Crippen MR) is 107 cm³/mol. The Balaban J connectivity index is 1.70. The number of hydrogen-bond donors (Lipinski definition) is 2. The number of carbonyl (C=O) groups excluding carboxylic acids is 1. The average molecular weight is 362 g/mol. The summed E-state index contributed by atoms with van der Waals surface area (Å²) in [5.74, 6) is 0.857. The summed E-state index contributed by atoms with van der Waals surface area (Å²) >= 11 is 0. The van der Waals surface area contributed by atoms with Crippen LogP contribution in [0.3, 0.4) is 0 Å². The molecule has 2 aromatic carbocycles. The summed E-state index contributed by atoms with van der Waals surface area (Å²) in [5, 5.41) is 14.2. The normalized spacial score (nSPS) is 10.3. The number of hydrogen-bond acceptors (Lipinski definition) is 5. The number of amides is 1. The summed E-state index contributed by atoms with van der Waals surface area (Å²) in [6, 6.07) is 16.8. The molecule has 0 radical (unpaired) electrons. The van der Waals surface area contributed by atoms with E-state index in [1.54, 1.807) is 18.2 Å². The van der Waals surface area contributed by atoms with Gasteiger partial charge < -0.3 is 15.4 Å². The molecule has 0 aliphatic carbocycles. The molecule has 3 rings (SSSR count). The van der Waals surface area contributed by atoms with Gasteiger partial charge in [0.2, 0.25) is 0 Å². The Labute approximate surface area is 158 Å². The molecule has 0 atom stereocenters. The number of rotatable bonds is 6. The third kappa shape index (κ3) is 4.61. The van der Waals surface area contributed by atoms with Crippen LogP contribution in [0.25, 0.3) is 0 Å². The number of ether oxygens (including phenoxy) is 1. The van der Waals surface area contributed by atoms with Crippen LogP contribution in [0.1, 0.15) is 28.5 Å². The number of carbonyl (C=O) groups is 1. The first kappa shape index (κ1) is 18.4. The van der Waals surface area contributed by atoms with E-state index in [2.05, 4.69) is 26.9 Å². The number of nitrogens with zero attached hydrogens (tertiary/aromatic N) is 2. The van der Waals surface area contributed by atoms with Crippen molar-refractivity contribution in [2.24, 2.45) is 0 Å². The smallest absolute Gasteiger partial charge is 0.276 e. The van der Waals surface area contributed by atoms with Gasteiger partial charge >= 0.3 is 0 Å². The van der Waals surface area contributed by atoms with Crippen LogP contribution in [0, 0.1) is 13.8 Å². The van der Waals surface area contributed by atoms with Crippen molar-refractivity contribution >= 4 is 23.1 Å². The summed E-state index contributed by atoms with van der Waals surface area (Å²) in [5.41, 5.74) is 4.10. The lowest BCUT2D eigenvalue weighted by molar-refractivity contribution is 0.102. The minimum absolute atomic E-state index is 0.229. The molecule has 1 aromatic heterocycles. The zero-order chi connectivity index (χ0) is 19.2. The van der Waals surface area contributed by atoms with E-state index in [1.807, 2.05) is 51.1 Å². The monoisotopic (exact) mass is 362 g/mol. The van der Waals surface area contributed by atoms with Gasteiger partial charge in [-0.15, -0.1) is 10.2 Å². The van der Waals surface area contributed by atoms with Gasteiger partial charge in [-0.1, -0.05) is 29.8 Å². The molecule has 0 spiro atoms. The molecule has 0 bridgehead atoms. The van der Waals surface area contributed by atoms with Crippen molar-refractivity contribution < 1.29 is 9.53 Å². The number of benzene rings is 2. The van der Waals surface area contributed by atoms with E-state index in [0.29, 0.717) is 23.9 Å². The SMILES string of the molecule is CCOc1ccccc1NC(=O)c1ccc(Nc2ccc(C)cc2C)nn1. The Kier molecular flexibility index (Phi) is 5.66. The first-order valence-corrected chi connectivity index (χ1v) is 8.78. The molecule has 0 aliphatic heterocycles. The van der Waals surface area contributed by atoms with Gasteiger partial charge in [-0.05, 0) is 56.7 Å². The summed E-state index contributed by atoms with van der Waals surface area (Å²) in [6.07, 6.45) is 0. The third-order valence-corrected chi connectivity index (χ3v) is 3.98. The standard InChI is InChI=1S/C21H22N4O2/c1-4-27-19-8-6-5-7-17(19)23-21(26)18-11-12-20(25-24-18)22-16-10-9-14(2)13-15(16)3/h5-13H,4H2,1-3H3,(H,22,25)(H,23,26). The van der Waals surface area contributed by atoms with Gasteiger partial charge in [-0.2, -0.15) is 0 Å². The van der Waals surface area contributed by atoms with Gasteiger partial charge in [-0.25, -0.2) is 0 Å². The molecule has 2 N–H and O–H groups in total. The maximum absolute atomic E-state index is 12.4. The van der Waals surface area contributed by atoms with Gasteiger partial charge in [0.15, 0.2) is 11.5 Å². The zero-order valence-corrected chi connectivity index (χ0v) is 15.6. The number of aryl methyl sites for hydroxylation is 2. The summed E-state index contributed by atoms with van der Waals surface area (Å²) in [6.45, 7) is 6.49. The molecule has 1 amide bonds. The van der Waals surface area contributed by atoms with Crippen LogP contribution >= 0.6 is 0 Å². The molecule has 0 fully saturated rings. The van der Waals surface area contributed by atoms with E-state index in [9.17, 15) is 4.79 Å². The molecule has 1 heterocycles. The predicted octanol–water partition coefficient (Wildman–Crippen LogP) is 4.49. The Morgan fingerprint density at radius 3 is 2.52 bits per heavy atom. The largest absolute Gasteiger partial charge is 0.492 e. The fourth-order valence-electron chi connectivity index (χ4n) is 2.65. The zero-order valence-electron chi connectivity index (χ0n) is 15.6. The number of aromatic nitrogens is 2. The first-order valence-electron chi connectivity index (χ1n) is 8.78. The van der Waals surface area contributed by atoms with Crippen molar-refractivity contribution in [1.29, 1.82) is 0 Å². The lowest BCUT2D eigenvalue weighted by atomic mass is 10.1. The fraction of sp³-hybridized carbons (Fsp3) is 0.190. The Hall–Kier alpha value is -3.41. The van der Waals surface area contributed by atoms with E-state index < -0.39 is 0 Å². The van der Waals surface area contributed by atoms with Crippen molar-refractivity contribution in [2.75, 3.05) is 17.2 Å². The molecule has 6 heteroatoms. The van der Waals surface area contributed by atoms with Crippen LogP contribution < -0.4 is 15.4 Å². The van der Waals surface area contributed by atoms with Crippen molar-refractivity contribution in [3.63, 3.8) is 0 Å². The molecular formula is C21H22N4O2. The third-order valence-electron chi connectivity index (χ3n) is 3.98. The van der Waals surface area contributed by atoms with Gasteiger partial charge in [0.25, 0.3) is 5.91 Å². The minimum Gasteiger partial charge on any atom is -0.492 e. The first-order chi connectivity index (χ1) is 13.1. The second kappa shape index (κ2) is 8.31. The molecule has 3 aromatic rings. The fourth-order valence-corrected chi connectivity index (χ4v) is 2.65. The Morgan fingerprint density at radius 2 is 1.81 bits per heavy atom. The highest BCUT2D eigenvalue weighted by Crippen LogP contribution is 2.24. The van der Waals surface area contributed by atoms with Crippen molar-refractivity contribution in [3.05, 3.63) is 71.4 Å². The molecule has 6 nitrogen and oxygen atoms in total. The van der Waals surface area contributed by atoms with Crippen molar-refractivity contribution in [1.82, 2.24) is 10.2 Å². The minimum atomic E-state index is -0.340. The molecular weight excluding hydrogens is 340 g/mol. The number of nitrogens with one attached hydrogen (secondary N) is 2. The number of anilines is 3. The highest BCUT2D eigenvalue weighted by Gasteiger charge is 2.12. The lowest BCUT2D eigenvalue weighted by Crippen LogP contribution is -2.15. The van der Waals surface area contributed by atoms with Crippen LogP contribution in [-0.2, 0) is 0 Å². The quantitative estimate of drug-likeness (QED) is 0.676. The van der Waals surface area contributed by atoms with Crippen LogP contribution in [0.15, 0.2) is 54.6 Å². The van der Waals surface area contributed by atoms with E-state index in [-0.39, 0.29) is 11.6 Å². The molecule has 138 valence electrons. The lowest BCUT2D eigenvalue weighted by Gasteiger charge is -2.11. The summed E-state index contributed by atoms with van der Waals surface area (Å²) in [7, 11) is 0. The molecule has 0 unspecified atom stereocenters. The van der Waals surface area contributed by atoms with Gasteiger partial charge in [-0.3, -0.25) is 4.79 Å². The van der Waals surface area contributed by atoms with Crippen LogP contribution in [-0.4, -0.2) is 22.7 Å². The Morgan fingerprint density at radius 1 is 1.00 bits per heavy atom. The van der Waals surface area contributed by atoms with Gasteiger partial charge in [0, 0.05) is 5.69 Å². The highest BCUT2D eigenvalue weighted by atomic mass is 16.5. The maximum atomic E-state index is 12.4. The van der Waals surface area contributed by atoms with E-state index >= 15 is 0 Å². The second-order valence-corrected chi connectivity index (χ2v) is 6.13. The van der Waals surface area contributed by atoms with Gasteiger partial charge in [0.1, 0.15) is 5.75 Å². The summed E-state index contributed by atoms with van der Waals surface area (Å²) in [4.78, 5) is 12.4. The van der Waals surface area contributed by atoms with Gasteiger partial charge in [0.05, 0.1) is 12.3 Å². The summed E-state index contributed by atoms with van der Waals surface area (Å²) < 4.78 is 5.52. The molecule has 27 heavy (non-hydrogen) atoms. The Bertz CT molecular complexity index is 939. The van der Waals surface area contributed by atoms with E-state index in [4.69, 9.17) is 4.74 Å². The van der Waals surface area contributed by atoms with Crippen LogP contribution in [0.5, 0.6) is 5.75 Å². The van der Waals surface area contributed by atoms with Crippen molar-refractivity contribution in [3.8, 4) is 5.75 Å². The molecule has 0 saturated heterocycles.